The predicted molar refractivity (Wildman–Crippen MR) is 69.0 cm³/mol. The molecule has 0 unspecified atom stereocenters. The first-order chi connectivity index (χ1) is 8.98. The first kappa shape index (κ1) is 13.6. The molecule has 2 heterocycles. The van der Waals surface area contributed by atoms with Gasteiger partial charge < -0.3 is 14.4 Å². The standard InChI is InChI=1S/C14H19NO4/c1-3-11-10(4-9-19-11)12(16)15-7-5-14(2,6-8-15)13(17)18/h4,9H,3,5-8H2,1-2H3,(H,17,18). The number of piperidine rings is 1. The van der Waals surface area contributed by atoms with Crippen LogP contribution in [0.4, 0.5) is 0 Å². The number of aryl methyl sites for hydroxylation is 1. The van der Waals surface area contributed by atoms with Crippen LogP contribution in [-0.4, -0.2) is 35.0 Å². The Balaban J connectivity index is 2.06. The molecule has 5 nitrogen and oxygen atoms in total. The molecule has 0 aliphatic carbocycles. The van der Waals surface area contributed by atoms with Crippen LogP contribution in [-0.2, 0) is 11.2 Å². The summed E-state index contributed by atoms with van der Waals surface area (Å²) < 4.78 is 5.26. The number of carboxylic acids is 1. The van der Waals surface area contributed by atoms with Crippen LogP contribution >= 0.6 is 0 Å². The Bertz CT molecular complexity index is 483. The monoisotopic (exact) mass is 265 g/mol. The summed E-state index contributed by atoms with van der Waals surface area (Å²) in [6.07, 6.45) is 3.19. The van der Waals surface area contributed by atoms with E-state index in [0.29, 0.717) is 43.7 Å². The van der Waals surface area contributed by atoms with E-state index in [-0.39, 0.29) is 5.91 Å². The minimum atomic E-state index is -0.780. The summed E-state index contributed by atoms with van der Waals surface area (Å²) >= 11 is 0. The Labute approximate surface area is 112 Å². The summed E-state index contributed by atoms with van der Waals surface area (Å²) in [6.45, 7) is 4.64. The molecule has 0 saturated carbocycles. The molecule has 0 bridgehead atoms. The number of furan rings is 1. The average molecular weight is 265 g/mol. The van der Waals surface area contributed by atoms with E-state index in [9.17, 15) is 14.7 Å². The van der Waals surface area contributed by atoms with Crippen LogP contribution < -0.4 is 0 Å². The van der Waals surface area contributed by atoms with Crippen molar-refractivity contribution in [2.75, 3.05) is 13.1 Å². The third-order valence-corrected chi connectivity index (χ3v) is 3.97. The highest BCUT2D eigenvalue weighted by atomic mass is 16.4. The number of amides is 1. The van der Waals surface area contributed by atoms with Gasteiger partial charge in [0.2, 0.25) is 0 Å². The van der Waals surface area contributed by atoms with Gasteiger partial charge in [-0.25, -0.2) is 0 Å². The molecule has 1 amide bonds. The number of likely N-dealkylation sites (tertiary alicyclic amines) is 1. The Morgan fingerprint density at radius 3 is 2.58 bits per heavy atom. The lowest BCUT2D eigenvalue weighted by Crippen LogP contribution is -2.45. The molecule has 104 valence electrons. The van der Waals surface area contributed by atoms with Crippen molar-refractivity contribution >= 4 is 11.9 Å². The zero-order chi connectivity index (χ0) is 14.0. The van der Waals surface area contributed by atoms with Crippen LogP contribution in [0.1, 0.15) is 42.8 Å². The number of nitrogens with zero attached hydrogens (tertiary/aromatic N) is 1. The van der Waals surface area contributed by atoms with Gasteiger partial charge in [-0.2, -0.15) is 0 Å². The van der Waals surface area contributed by atoms with E-state index in [1.165, 1.54) is 6.26 Å². The van der Waals surface area contributed by atoms with Crippen molar-refractivity contribution < 1.29 is 19.1 Å². The molecule has 5 heteroatoms. The highest BCUT2D eigenvalue weighted by Crippen LogP contribution is 2.31. The normalized spacial score (nSPS) is 18.3. The molecular formula is C14H19NO4. The van der Waals surface area contributed by atoms with E-state index in [1.54, 1.807) is 17.9 Å². The van der Waals surface area contributed by atoms with Gasteiger partial charge in [0.15, 0.2) is 0 Å². The van der Waals surface area contributed by atoms with Crippen LogP contribution in [0.5, 0.6) is 0 Å². The molecule has 1 saturated heterocycles. The average Bonchev–Trinajstić information content (AvgIpc) is 2.87. The van der Waals surface area contributed by atoms with Gasteiger partial charge in [-0.3, -0.25) is 9.59 Å². The highest BCUT2D eigenvalue weighted by molar-refractivity contribution is 5.95. The summed E-state index contributed by atoms with van der Waals surface area (Å²) in [6, 6.07) is 1.69. The topological polar surface area (TPSA) is 70.8 Å². The first-order valence-electron chi connectivity index (χ1n) is 6.57. The molecule has 0 radical (unpaired) electrons. The predicted octanol–water partition coefficient (Wildman–Crippen LogP) is 2.17. The van der Waals surface area contributed by atoms with E-state index in [0.717, 1.165) is 0 Å². The fourth-order valence-electron chi connectivity index (χ4n) is 2.39. The Morgan fingerprint density at radius 1 is 1.42 bits per heavy atom. The molecule has 1 aliphatic rings. The molecule has 1 N–H and O–H groups in total. The summed E-state index contributed by atoms with van der Waals surface area (Å²) in [5.41, 5.74) is -0.109. The summed E-state index contributed by atoms with van der Waals surface area (Å²) in [4.78, 5) is 25.2. The van der Waals surface area contributed by atoms with Crippen LogP contribution in [0.25, 0.3) is 0 Å². The molecule has 19 heavy (non-hydrogen) atoms. The Morgan fingerprint density at radius 2 is 2.05 bits per heavy atom. The number of hydrogen-bond acceptors (Lipinski definition) is 3. The minimum Gasteiger partial charge on any atom is -0.481 e. The number of carbonyl (C=O) groups excluding carboxylic acids is 1. The number of hydrogen-bond donors (Lipinski definition) is 1. The smallest absolute Gasteiger partial charge is 0.309 e. The van der Waals surface area contributed by atoms with Crippen molar-refractivity contribution in [1.29, 1.82) is 0 Å². The maximum absolute atomic E-state index is 12.3. The van der Waals surface area contributed by atoms with Gasteiger partial charge in [0.25, 0.3) is 5.91 Å². The van der Waals surface area contributed by atoms with Gasteiger partial charge in [-0.05, 0) is 25.8 Å². The molecule has 0 aromatic carbocycles. The lowest BCUT2D eigenvalue weighted by atomic mass is 9.80. The van der Waals surface area contributed by atoms with E-state index in [2.05, 4.69) is 0 Å². The fraction of sp³-hybridized carbons (Fsp3) is 0.571. The van der Waals surface area contributed by atoms with E-state index >= 15 is 0 Å². The van der Waals surface area contributed by atoms with E-state index in [4.69, 9.17) is 4.42 Å². The van der Waals surface area contributed by atoms with Gasteiger partial charge in [0, 0.05) is 19.5 Å². The largest absolute Gasteiger partial charge is 0.481 e. The van der Waals surface area contributed by atoms with Crippen LogP contribution in [0.3, 0.4) is 0 Å². The molecular weight excluding hydrogens is 246 g/mol. The van der Waals surface area contributed by atoms with Crippen molar-refractivity contribution in [2.24, 2.45) is 5.41 Å². The number of carboxylic acid groups (broad SMARTS) is 1. The Kier molecular flexibility index (Phi) is 3.64. The molecule has 1 aromatic heterocycles. The Hall–Kier alpha value is -1.78. The van der Waals surface area contributed by atoms with E-state index in [1.807, 2.05) is 6.92 Å². The molecule has 0 spiro atoms. The van der Waals surface area contributed by atoms with E-state index < -0.39 is 11.4 Å². The number of carbonyl (C=O) groups is 2. The van der Waals surface area contributed by atoms with Gasteiger partial charge >= 0.3 is 5.97 Å². The molecule has 1 aliphatic heterocycles. The van der Waals surface area contributed by atoms with Gasteiger partial charge in [0.05, 0.1) is 17.2 Å². The quantitative estimate of drug-likeness (QED) is 0.909. The molecule has 2 rings (SSSR count). The van der Waals surface area contributed by atoms with Crippen molar-refractivity contribution in [3.8, 4) is 0 Å². The van der Waals surface area contributed by atoms with Gasteiger partial charge in [0.1, 0.15) is 5.76 Å². The summed E-state index contributed by atoms with van der Waals surface area (Å²) in [5.74, 6) is -0.147. The lowest BCUT2D eigenvalue weighted by Gasteiger charge is -2.36. The second-order valence-electron chi connectivity index (χ2n) is 5.27. The van der Waals surface area contributed by atoms with Crippen LogP contribution in [0.2, 0.25) is 0 Å². The van der Waals surface area contributed by atoms with Crippen molar-refractivity contribution in [3.05, 3.63) is 23.7 Å². The zero-order valence-corrected chi connectivity index (χ0v) is 11.3. The second kappa shape index (κ2) is 5.07. The van der Waals surface area contributed by atoms with Crippen molar-refractivity contribution in [1.82, 2.24) is 4.90 Å². The van der Waals surface area contributed by atoms with Crippen molar-refractivity contribution in [2.45, 2.75) is 33.1 Å². The number of rotatable bonds is 3. The highest BCUT2D eigenvalue weighted by Gasteiger charge is 2.38. The lowest BCUT2D eigenvalue weighted by molar-refractivity contribution is -0.150. The summed E-state index contributed by atoms with van der Waals surface area (Å²) in [7, 11) is 0. The maximum Gasteiger partial charge on any atom is 0.309 e. The number of aliphatic carboxylic acids is 1. The van der Waals surface area contributed by atoms with Crippen LogP contribution in [0, 0.1) is 5.41 Å². The first-order valence-corrected chi connectivity index (χ1v) is 6.57. The van der Waals surface area contributed by atoms with Gasteiger partial charge in [-0.15, -0.1) is 0 Å². The van der Waals surface area contributed by atoms with Crippen molar-refractivity contribution in [3.63, 3.8) is 0 Å². The molecule has 1 aromatic rings. The minimum absolute atomic E-state index is 0.0574. The third-order valence-electron chi connectivity index (χ3n) is 3.97. The molecule has 0 atom stereocenters. The SMILES string of the molecule is CCc1occc1C(=O)N1CCC(C)(C(=O)O)CC1. The fourth-order valence-corrected chi connectivity index (χ4v) is 2.39. The zero-order valence-electron chi connectivity index (χ0n) is 11.3. The van der Waals surface area contributed by atoms with Crippen LogP contribution in [0.15, 0.2) is 16.7 Å². The third kappa shape index (κ3) is 2.50. The maximum atomic E-state index is 12.3. The molecule has 1 fully saturated rings. The summed E-state index contributed by atoms with van der Waals surface area (Å²) in [5, 5.41) is 9.17. The second-order valence-corrected chi connectivity index (χ2v) is 5.27. The van der Waals surface area contributed by atoms with Gasteiger partial charge in [-0.1, -0.05) is 6.92 Å².